The van der Waals surface area contributed by atoms with Gasteiger partial charge in [-0.1, -0.05) is 40.5 Å². The Morgan fingerprint density at radius 1 is 0.902 bits per heavy atom. The van der Waals surface area contributed by atoms with Gasteiger partial charge in [0.1, 0.15) is 23.9 Å². The molecule has 3 aromatic carbocycles. The highest BCUT2D eigenvalue weighted by Crippen LogP contribution is 2.33. The number of quaternary nitrogens is 1. The van der Waals surface area contributed by atoms with Crippen molar-refractivity contribution in [3.8, 4) is 17.2 Å². The van der Waals surface area contributed by atoms with Crippen molar-refractivity contribution in [1.29, 1.82) is 0 Å². The van der Waals surface area contributed by atoms with Crippen molar-refractivity contribution in [3.63, 3.8) is 0 Å². The molecule has 4 aromatic rings. The van der Waals surface area contributed by atoms with Crippen LogP contribution in [0.25, 0.3) is 0 Å². The van der Waals surface area contributed by atoms with E-state index in [9.17, 15) is 19.5 Å². The molecule has 0 bridgehead atoms. The number of nitrogens with two attached hydrogens (primary N) is 1. The second-order valence-electron chi connectivity index (χ2n) is 13.7. The van der Waals surface area contributed by atoms with E-state index in [1.54, 1.807) is 29.8 Å². The number of fused-ring (bicyclic) bond motifs is 1. The highest BCUT2D eigenvalue weighted by atomic mass is 32.2. The summed E-state index contributed by atoms with van der Waals surface area (Å²) in [5, 5.41) is 21.0. The number of hydrogen-bond donors (Lipinski definition) is 3. The van der Waals surface area contributed by atoms with Gasteiger partial charge in [0.25, 0.3) is 11.7 Å². The van der Waals surface area contributed by atoms with Gasteiger partial charge in [-0.05, 0) is 86.9 Å². The lowest BCUT2D eigenvalue weighted by Gasteiger charge is -2.21. The first-order valence-electron chi connectivity index (χ1n) is 20.2. The van der Waals surface area contributed by atoms with Gasteiger partial charge in [-0.2, -0.15) is 5.43 Å². The van der Waals surface area contributed by atoms with Crippen molar-refractivity contribution in [2.75, 3.05) is 46.7 Å². The van der Waals surface area contributed by atoms with Gasteiger partial charge in [0, 0.05) is 58.8 Å². The maximum atomic E-state index is 12.7. The summed E-state index contributed by atoms with van der Waals surface area (Å²) >= 11 is 0.987. The fraction of sp³-hybridized carbons (Fsp3) is 0.356. The second kappa shape index (κ2) is 25.9. The second-order valence-corrected chi connectivity index (χ2v) is 14.5. The van der Waals surface area contributed by atoms with Gasteiger partial charge in [0.15, 0.2) is 5.78 Å². The largest absolute Gasteiger partial charge is 0.493 e. The molecule has 324 valence electrons. The summed E-state index contributed by atoms with van der Waals surface area (Å²) in [6, 6.07) is 20.0. The Morgan fingerprint density at radius 2 is 1.67 bits per heavy atom. The smallest absolute Gasteiger partial charge is 0.303 e. The molecule has 15 nitrogen and oxygen atoms in total. The van der Waals surface area contributed by atoms with E-state index < -0.39 is 5.97 Å². The van der Waals surface area contributed by atoms with Gasteiger partial charge in [-0.15, -0.1) is 10.9 Å². The number of nitrogens with one attached hydrogen (secondary N) is 1. The molecule has 0 spiro atoms. The van der Waals surface area contributed by atoms with E-state index in [0.717, 1.165) is 77.0 Å². The number of carbonyl (C=O) groups excluding carboxylic acids is 2. The molecule has 0 radical (unpaired) electrons. The summed E-state index contributed by atoms with van der Waals surface area (Å²) in [6.07, 6.45) is 10.6. The monoisotopic (exact) mass is 857 g/mol. The minimum absolute atomic E-state index is 0.0730. The van der Waals surface area contributed by atoms with E-state index >= 15 is 0 Å². The zero-order chi connectivity index (χ0) is 43.1. The number of pyridine rings is 1. The normalized spacial score (nSPS) is 12.2. The number of rotatable bonds is 28. The number of aromatic nitrogens is 1. The summed E-state index contributed by atoms with van der Waals surface area (Å²) in [6.45, 7) is 5.90. The first-order chi connectivity index (χ1) is 29.9. The molecule has 0 atom stereocenters. The van der Waals surface area contributed by atoms with Crippen LogP contribution in [0.4, 0.5) is 5.82 Å². The molecular formula is C45H53N4O11S+. The average molecular weight is 858 g/mol. The molecular weight excluding hydrogens is 805 g/mol. The first-order valence-corrected chi connectivity index (χ1v) is 20.9. The van der Waals surface area contributed by atoms with Crippen LogP contribution in [0, 0.1) is 0 Å². The number of carboxylic acids is 1. The van der Waals surface area contributed by atoms with Gasteiger partial charge in [0.2, 0.25) is 0 Å². The number of benzene rings is 3. The minimum Gasteiger partial charge on any atom is -0.493 e. The van der Waals surface area contributed by atoms with E-state index in [-0.39, 0.29) is 50.9 Å². The van der Waals surface area contributed by atoms with E-state index in [1.165, 1.54) is 13.3 Å². The molecule has 1 aliphatic carbocycles. The Bertz CT molecular complexity index is 2080. The summed E-state index contributed by atoms with van der Waals surface area (Å²) in [7, 11) is 1.34. The van der Waals surface area contributed by atoms with Crippen LogP contribution in [0.15, 0.2) is 95.6 Å². The van der Waals surface area contributed by atoms with Crippen molar-refractivity contribution in [1.82, 2.24) is 10.3 Å². The van der Waals surface area contributed by atoms with Crippen LogP contribution in [0.1, 0.15) is 81.5 Å². The van der Waals surface area contributed by atoms with Gasteiger partial charge in [-0.3, -0.25) is 14.4 Å². The predicted molar refractivity (Wildman–Crippen MR) is 228 cm³/mol. The Kier molecular flexibility index (Phi) is 19.7. The number of allylic oxidation sites excluding steroid dienone is 1. The van der Waals surface area contributed by atoms with Crippen molar-refractivity contribution in [2.24, 2.45) is 5.10 Å². The molecule has 0 fully saturated rings. The summed E-state index contributed by atoms with van der Waals surface area (Å²) < 4.78 is 28.8. The molecule has 5 rings (SSSR count). The van der Waals surface area contributed by atoms with E-state index in [0.29, 0.717) is 54.5 Å². The highest BCUT2D eigenvalue weighted by Gasteiger charge is 2.22. The summed E-state index contributed by atoms with van der Waals surface area (Å²) in [5.41, 5.74) is 6.43. The number of carboxylic acid groups (broad SMARTS) is 1. The predicted octanol–water partition coefficient (Wildman–Crippen LogP) is 6.55. The Labute approximate surface area is 359 Å². The maximum Gasteiger partial charge on any atom is 0.303 e. The molecule has 0 unspecified atom stereocenters. The topological polar surface area (TPSA) is 190 Å². The summed E-state index contributed by atoms with van der Waals surface area (Å²) in [4.78, 5) is 46.0. The molecule has 0 saturated carbocycles. The van der Waals surface area contributed by atoms with Crippen LogP contribution in [0.2, 0.25) is 0 Å². The third kappa shape index (κ3) is 15.1. The number of ether oxygens (including phenoxy) is 4. The fourth-order valence-electron chi connectivity index (χ4n) is 6.52. The van der Waals surface area contributed by atoms with Gasteiger partial charge < -0.3 is 29.4 Å². The van der Waals surface area contributed by atoms with Gasteiger partial charge >= 0.3 is 5.97 Å². The van der Waals surface area contributed by atoms with Crippen molar-refractivity contribution >= 4 is 41.7 Å². The number of carbonyl (C=O) groups is 3. The van der Waals surface area contributed by atoms with Gasteiger partial charge in [-0.25, -0.2) is 9.87 Å². The SMILES string of the molecule is C=CCc1c(OCCCCCOc2cccc(OCCOCCNC(=O)c3ccc([NH2+]/N=C/c4ccccc4SOOOC)nc3)c2CCC(=O)O)ccc2c1CCCC2=O. The van der Waals surface area contributed by atoms with Crippen molar-refractivity contribution in [3.05, 3.63) is 119 Å². The molecule has 0 saturated heterocycles. The van der Waals surface area contributed by atoms with Crippen LogP contribution in [0.3, 0.4) is 0 Å². The molecule has 1 aliphatic rings. The standard InChI is InChI=1S/C45H52N4O11S/c1-3-11-36-34-13-9-14-38(50)35(34)19-21-41(36)57-26-8-4-7-25-56-39-15-10-16-40(37(39)20-23-44(51)52)58-29-28-55-27-24-46-45(53)33-18-22-43(47-30-33)49-48-31-32-12-5-6-17-42(32)61-60-59-54-2/h3,5-6,10,12,15-19,21-22,30-31H,1,4,7-9,11,13-14,20,23-29H2,2H3,(H,46,53)(H,47,49)(H,51,52)/p+1/b48-31+. The lowest BCUT2D eigenvalue weighted by molar-refractivity contribution is -0.580. The van der Waals surface area contributed by atoms with E-state index in [2.05, 4.69) is 31.9 Å². The zero-order valence-corrected chi connectivity index (χ0v) is 35.1. The van der Waals surface area contributed by atoms with Crippen molar-refractivity contribution < 1.29 is 58.1 Å². The molecule has 1 aromatic heterocycles. The molecule has 1 amide bonds. The number of nitrogens with zero attached hydrogens (tertiary/aromatic N) is 2. The third-order valence-corrected chi connectivity index (χ3v) is 10.2. The number of unbranched alkanes of at least 4 members (excludes halogenated alkanes) is 2. The fourth-order valence-corrected chi connectivity index (χ4v) is 7.03. The van der Waals surface area contributed by atoms with E-state index in [1.807, 2.05) is 54.6 Å². The van der Waals surface area contributed by atoms with Crippen LogP contribution in [-0.4, -0.2) is 80.7 Å². The van der Waals surface area contributed by atoms with Crippen LogP contribution in [0.5, 0.6) is 17.2 Å². The average Bonchev–Trinajstić information content (AvgIpc) is 3.26. The molecule has 1 heterocycles. The Hall–Kier alpha value is -5.62. The van der Waals surface area contributed by atoms with Crippen LogP contribution < -0.4 is 25.0 Å². The lowest BCUT2D eigenvalue weighted by atomic mass is 9.86. The Balaban J connectivity index is 0.986. The lowest BCUT2D eigenvalue weighted by Crippen LogP contribution is -2.71. The third-order valence-electron chi connectivity index (χ3n) is 9.48. The molecule has 61 heavy (non-hydrogen) atoms. The number of amides is 1. The van der Waals surface area contributed by atoms with Crippen LogP contribution in [-0.2, 0) is 43.1 Å². The maximum absolute atomic E-state index is 12.7. The highest BCUT2D eigenvalue weighted by molar-refractivity contribution is 7.94. The number of Topliss-reactive ketones (excluding diaryl/α,β-unsaturated/α-hetero) is 1. The number of aliphatic carboxylic acids is 1. The number of hydrogen-bond acceptors (Lipinski definition) is 13. The quantitative estimate of drug-likeness (QED) is 0.0106. The minimum atomic E-state index is -0.915. The Morgan fingerprint density at radius 3 is 2.41 bits per heavy atom. The van der Waals surface area contributed by atoms with E-state index in [4.69, 9.17) is 23.3 Å². The molecule has 0 aliphatic heterocycles. The van der Waals surface area contributed by atoms with Crippen LogP contribution >= 0.6 is 12.0 Å². The first kappa shape index (κ1) is 46.4. The number of ketones is 1. The van der Waals surface area contributed by atoms with Crippen molar-refractivity contribution in [2.45, 2.75) is 62.7 Å². The zero-order valence-electron chi connectivity index (χ0n) is 34.3. The molecule has 16 heteroatoms. The van der Waals surface area contributed by atoms with Gasteiger partial charge in [0.05, 0.1) is 57.4 Å². The molecule has 4 N–H and O–H groups in total. The summed E-state index contributed by atoms with van der Waals surface area (Å²) in [5.74, 6) is 1.51.